The molecule has 0 aromatic heterocycles. The minimum atomic E-state index is -0.132. The Morgan fingerprint density at radius 2 is 2.33 bits per heavy atom. The molecule has 1 amide bonds. The van der Waals surface area contributed by atoms with Crippen LogP contribution in [0.4, 0.5) is 0 Å². The smallest absolute Gasteiger partial charge is 0.251 e. The summed E-state index contributed by atoms with van der Waals surface area (Å²) in [6.45, 7) is 0.266. The number of amides is 1. The van der Waals surface area contributed by atoms with E-state index in [2.05, 4.69) is 5.32 Å². The summed E-state index contributed by atoms with van der Waals surface area (Å²) in [6.07, 6.45) is 2.03. The first-order valence-electron chi connectivity index (χ1n) is 4.75. The maximum Gasteiger partial charge on any atom is 0.251 e. The standard InChI is InChI=1S/C11H15NO2S/c1-15-8-9-3-2-4-10(7-9)11(14)12-5-6-13/h2-4,7,13H,5-6,8H2,1H3,(H,12,14). The first-order valence-corrected chi connectivity index (χ1v) is 6.14. The Balaban J connectivity index is 2.67. The van der Waals surface area contributed by atoms with Crippen molar-refractivity contribution in [3.8, 4) is 0 Å². The first-order chi connectivity index (χ1) is 7.27. The van der Waals surface area contributed by atoms with E-state index in [0.29, 0.717) is 12.1 Å². The minimum Gasteiger partial charge on any atom is -0.395 e. The SMILES string of the molecule is CSCc1cccc(C(=O)NCCO)c1. The summed E-state index contributed by atoms with van der Waals surface area (Å²) in [5, 5.41) is 11.2. The Kier molecular flexibility index (Phi) is 5.21. The van der Waals surface area contributed by atoms with Crippen molar-refractivity contribution in [1.29, 1.82) is 0 Å². The van der Waals surface area contributed by atoms with Gasteiger partial charge >= 0.3 is 0 Å². The highest BCUT2D eigenvalue weighted by Gasteiger charge is 2.04. The molecule has 4 heteroatoms. The fraction of sp³-hybridized carbons (Fsp3) is 0.364. The van der Waals surface area contributed by atoms with Gasteiger partial charge in [0.15, 0.2) is 0 Å². The summed E-state index contributed by atoms with van der Waals surface area (Å²) in [5.74, 6) is 0.771. The van der Waals surface area contributed by atoms with Crippen molar-refractivity contribution in [2.45, 2.75) is 5.75 Å². The van der Waals surface area contributed by atoms with Crippen LogP contribution in [-0.4, -0.2) is 30.4 Å². The lowest BCUT2D eigenvalue weighted by Crippen LogP contribution is -2.26. The predicted octanol–water partition coefficient (Wildman–Crippen LogP) is 1.27. The van der Waals surface area contributed by atoms with Crippen LogP contribution < -0.4 is 5.32 Å². The van der Waals surface area contributed by atoms with Crippen molar-refractivity contribution < 1.29 is 9.90 Å². The van der Waals surface area contributed by atoms with Crippen LogP contribution >= 0.6 is 11.8 Å². The van der Waals surface area contributed by atoms with E-state index in [1.54, 1.807) is 17.8 Å². The van der Waals surface area contributed by atoms with Gasteiger partial charge in [-0.05, 0) is 24.0 Å². The Bertz CT molecular complexity index is 328. The van der Waals surface area contributed by atoms with Gasteiger partial charge in [0.1, 0.15) is 0 Å². The molecule has 3 nitrogen and oxygen atoms in total. The maximum absolute atomic E-state index is 11.5. The molecule has 0 radical (unpaired) electrons. The third kappa shape index (κ3) is 3.93. The molecule has 0 bridgehead atoms. The lowest BCUT2D eigenvalue weighted by atomic mass is 10.1. The van der Waals surface area contributed by atoms with Crippen molar-refractivity contribution in [1.82, 2.24) is 5.32 Å². The van der Waals surface area contributed by atoms with Crippen LogP contribution in [0.3, 0.4) is 0 Å². The molecule has 1 aromatic carbocycles. The summed E-state index contributed by atoms with van der Waals surface area (Å²) in [6, 6.07) is 7.53. The van der Waals surface area contributed by atoms with Crippen LogP contribution in [-0.2, 0) is 5.75 Å². The van der Waals surface area contributed by atoms with E-state index in [1.807, 2.05) is 24.5 Å². The van der Waals surface area contributed by atoms with Gasteiger partial charge in [-0.15, -0.1) is 0 Å². The Morgan fingerprint density at radius 3 is 3.00 bits per heavy atom. The van der Waals surface area contributed by atoms with Gasteiger partial charge in [0.2, 0.25) is 0 Å². The number of thioether (sulfide) groups is 1. The average Bonchev–Trinajstić information content (AvgIpc) is 2.27. The molecule has 0 aliphatic heterocycles. The maximum atomic E-state index is 11.5. The molecule has 1 rings (SSSR count). The number of aliphatic hydroxyl groups is 1. The van der Waals surface area contributed by atoms with E-state index in [-0.39, 0.29) is 12.5 Å². The van der Waals surface area contributed by atoms with Gasteiger partial charge in [-0.2, -0.15) is 11.8 Å². The number of hydrogen-bond donors (Lipinski definition) is 2. The highest BCUT2D eigenvalue weighted by atomic mass is 32.2. The summed E-state index contributed by atoms with van der Waals surface area (Å²) in [5.41, 5.74) is 1.79. The summed E-state index contributed by atoms with van der Waals surface area (Å²) in [4.78, 5) is 11.5. The van der Waals surface area contributed by atoms with Crippen LogP contribution in [0.15, 0.2) is 24.3 Å². The lowest BCUT2D eigenvalue weighted by molar-refractivity contribution is 0.0944. The number of rotatable bonds is 5. The largest absolute Gasteiger partial charge is 0.395 e. The quantitative estimate of drug-likeness (QED) is 0.793. The van der Waals surface area contributed by atoms with E-state index in [4.69, 9.17) is 5.11 Å². The van der Waals surface area contributed by atoms with Crippen molar-refractivity contribution in [2.24, 2.45) is 0 Å². The molecule has 0 fully saturated rings. The van der Waals surface area contributed by atoms with Crippen molar-refractivity contribution >= 4 is 17.7 Å². The molecule has 0 unspecified atom stereocenters. The van der Waals surface area contributed by atoms with Crippen LogP contribution in [0.25, 0.3) is 0 Å². The minimum absolute atomic E-state index is 0.0315. The number of benzene rings is 1. The Morgan fingerprint density at radius 1 is 1.53 bits per heavy atom. The second kappa shape index (κ2) is 6.48. The molecule has 0 aliphatic rings. The number of carbonyl (C=O) groups is 1. The molecule has 0 atom stereocenters. The van der Waals surface area contributed by atoms with Gasteiger partial charge in [-0.3, -0.25) is 4.79 Å². The number of carbonyl (C=O) groups excluding carboxylic acids is 1. The average molecular weight is 225 g/mol. The third-order valence-corrected chi connectivity index (χ3v) is 2.52. The zero-order valence-corrected chi connectivity index (χ0v) is 9.51. The van der Waals surface area contributed by atoms with Gasteiger partial charge in [0.25, 0.3) is 5.91 Å². The topological polar surface area (TPSA) is 49.3 Å². The molecule has 82 valence electrons. The van der Waals surface area contributed by atoms with Gasteiger partial charge in [-0.25, -0.2) is 0 Å². The zero-order valence-electron chi connectivity index (χ0n) is 8.69. The third-order valence-electron chi connectivity index (χ3n) is 1.90. The van der Waals surface area contributed by atoms with Gasteiger partial charge in [0, 0.05) is 17.9 Å². The van der Waals surface area contributed by atoms with Crippen molar-refractivity contribution in [2.75, 3.05) is 19.4 Å². The molecule has 0 aliphatic carbocycles. The molecule has 0 saturated carbocycles. The number of hydrogen-bond acceptors (Lipinski definition) is 3. The van der Waals surface area contributed by atoms with Crippen molar-refractivity contribution in [3.05, 3.63) is 35.4 Å². The van der Waals surface area contributed by atoms with E-state index in [1.165, 1.54) is 0 Å². The molecule has 15 heavy (non-hydrogen) atoms. The van der Waals surface area contributed by atoms with E-state index in [0.717, 1.165) is 11.3 Å². The van der Waals surface area contributed by atoms with Crippen LogP contribution in [0.5, 0.6) is 0 Å². The van der Waals surface area contributed by atoms with Gasteiger partial charge in [0.05, 0.1) is 6.61 Å². The van der Waals surface area contributed by atoms with Gasteiger partial charge < -0.3 is 10.4 Å². The van der Waals surface area contributed by atoms with Crippen LogP contribution in [0, 0.1) is 0 Å². The molecule has 0 spiro atoms. The summed E-state index contributed by atoms with van der Waals surface area (Å²) < 4.78 is 0. The summed E-state index contributed by atoms with van der Waals surface area (Å²) in [7, 11) is 0. The van der Waals surface area contributed by atoms with E-state index >= 15 is 0 Å². The summed E-state index contributed by atoms with van der Waals surface area (Å²) >= 11 is 1.72. The molecule has 0 heterocycles. The molecular weight excluding hydrogens is 210 g/mol. The van der Waals surface area contributed by atoms with E-state index in [9.17, 15) is 4.79 Å². The van der Waals surface area contributed by atoms with E-state index < -0.39 is 0 Å². The first kappa shape index (κ1) is 12.1. The zero-order chi connectivity index (χ0) is 11.1. The van der Waals surface area contributed by atoms with Crippen molar-refractivity contribution in [3.63, 3.8) is 0 Å². The normalized spacial score (nSPS) is 10.0. The second-order valence-corrected chi connectivity index (χ2v) is 3.98. The Labute approximate surface area is 93.9 Å². The number of aliphatic hydroxyl groups excluding tert-OH is 1. The fourth-order valence-electron chi connectivity index (χ4n) is 1.24. The van der Waals surface area contributed by atoms with Crippen LogP contribution in [0.2, 0.25) is 0 Å². The van der Waals surface area contributed by atoms with Gasteiger partial charge in [-0.1, -0.05) is 12.1 Å². The van der Waals surface area contributed by atoms with Crippen LogP contribution in [0.1, 0.15) is 15.9 Å². The highest BCUT2D eigenvalue weighted by molar-refractivity contribution is 7.97. The Hall–Kier alpha value is -1.00. The molecule has 0 saturated heterocycles. The highest BCUT2D eigenvalue weighted by Crippen LogP contribution is 2.11. The fourth-order valence-corrected chi connectivity index (χ4v) is 1.75. The lowest BCUT2D eigenvalue weighted by Gasteiger charge is -2.04. The molecule has 1 aromatic rings. The molecule has 2 N–H and O–H groups in total. The second-order valence-electron chi connectivity index (χ2n) is 3.11. The predicted molar refractivity (Wildman–Crippen MR) is 63.1 cm³/mol. The molecular formula is C11H15NO2S. The monoisotopic (exact) mass is 225 g/mol. The number of nitrogens with one attached hydrogen (secondary N) is 1.